The van der Waals surface area contributed by atoms with E-state index in [0.717, 1.165) is 11.1 Å². The Labute approximate surface area is 213 Å². The highest BCUT2D eigenvalue weighted by molar-refractivity contribution is 7.89. The first-order valence-corrected chi connectivity index (χ1v) is 13.3. The molecule has 1 aliphatic heterocycles. The van der Waals surface area contributed by atoms with E-state index in [1.165, 1.54) is 16.1 Å². The molecule has 1 N–H and O–H groups in total. The van der Waals surface area contributed by atoms with E-state index in [1.54, 1.807) is 48.5 Å². The summed E-state index contributed by atoms with van der Waals surface area (Å²) < 4.78 is 34.2. The Balaban J connectivity index is 1.41. The number of methoxy groups -OCH3 is 1. The maximum atomic E-state index is 13.2. The topological polar surface area (TPSA) is 140 Å². The Morgan fingerprint density at radius 3 is 2.57 bits per heavy atom. The van der Waals surface area contributed by atoms with E-state index in [-0.39, 0.29) is 29.4 Å². The largest absolute Gasteiger partial charge is 0.465 e. The highest BCUT2D eigenvalue weighted by atomic mass is 32.2. The second-order valence-electron chi connectivity index (χ2n) is 9.07. The number of carbonyl (C=O) groups excluding carboxylic acids is 1. The summed E-state index contributed by atoms with van der Waals surface area (Å²) in [6.45, 7) is 2.80. The van der Waals surface area contributed by atoms with Crippen LogP contribution in [0.5, 0.6) is 0 Å². The van der Waals surface area contributed by atoms with Gasteiger partial charge in [-0.15, -0.1) is 5.10 Å². The van der Waals surface area contributed by atoms with E-state index in [4.69, 9.17) is 4.74 Å². The minimum atomic E-state index is -3.67. The molecule has 1 saturated heterocycles. The third-order valence-corrected chi connectivity index (χ3v) is 8.41. The number of aromatic nitrogens is 5. The molecular formula is C25H26N6O5S. The van der Waals surface area contributed by atoms with Gasteiger partial charge in [-0.25, -0.2) is 22.9 Å². The van der Waals surface area contributed by atoms with Crippen LogP contribution in [0.3, 0.4) is 0 Å². The monoisotopic (exact) mass is 522 g/mol. The number of aryl methyl sites for hydroxylation is 1. The van der Waals surface area contributed by atoms with Crippen LogP contribution in [0, 0.1) is 6.92 Å². The number of benzene rings is 2. The van der Waals surface area contributed by atoms with Gasteiger partial charge in [-0.2, -0.15) is 4.31 Å². The van der Waals surface area contributed by atoms with Crippen LogP contribution in [0.25, 0.3) is 11.2 Å². The standard InChI is InChI=1S/C25H26N6O5S/c1-16-5-11-20(12-6-16)37(34,35)30-13-3-4-19(15-30)22-26-23-21(24(32)27-22)28-29-31(23)14-17-7-9-18(10-8-17)25(33)36-2/h5-12,19H,3-4,13-15H2,1-2H3,(H,26,27,32)/t19-/m1/s1. The average Bonchev–Trinajstić information content (AvgIpc) is 3.32. The van der Waals surface area contributed by atoms with Crippen LogP contribution in [-0.2, 0) is 21.3 Å². The molecule has 0 saturated carbocycles. The number of rotatable bonds is 6. The lowest BCUT2D eigenvalue weighted by molar-refractivity contribution is 0.0600. The van der Waals surface area contributed by atoms with Crippen LogP contribution in [0.4, 0.5) is 0 Å². The Kier molecular flexibility index (Phi) is 6.61. The van der Waals surface area contributed by atoms with E-state index in [9.17, 15) is 18.0 Å². The van der Waals surface area contributed by atoms with Gasteiger partial charge in [0.15, 0.2) is 11.2 Å². The summed E-state index contributed by atoms with van der Waals surface area (Å²) in [5.41, 5.74) is 2.23. The van der Waals surface area contributed by atoms with Crippen molar-refractivity contribution in [1.29, 1.82) is 0 Å². The molecule has 2 aromatic heterocycles. The number of hydrogen-bond acceptors (Lipinski definition) is 8. The Hall–Kier alpha value is -3.90. The summed E-state index contributed by atoms with van der Waals surface area (Å²) >= 11 is 0. The number of esters is 1. The van der Waals surface area contributed by atoms with Crippen molar-refractivity contribution in [2.75, 3.05) is 20.2 Å². The molecule has 5 rings (SSSR count). The van der Waals surface area contributed by atoms with Crippen LogP contribution in [0.15, 0.2) is 58.2 Å². The Morgan fingerprint density at radius 1 is 1.14 bits per heavy atom. The minimum Gasteiger partial charge on any atom is -0.465 e. The molecule has 2 aromatic carbocycles. The molecular weight excluding hydrogens is 496 g/mol. The number of piperidine rings is 1. The molecule has 0 spiro atoms. The molecule has 11 nitrogen and oxygen atoms in total. The van der Waals surface area contributed by atoms with Gasteiger partial charge in [0.05, 0.1) is 24.1 Å². The fraction of sp³-hybridized carbons (Fsp3) is 0.320. The first-order valence-electron chi connectivity index (χ1n) is 11.8. The molecule has 192 valence electrons. The second-order valence-corrected chi connectivity index (χ2v) is 11.0. The van der Waals surface area contributed by atoms with Crippen molar-refractivity contribution in [2.45, 2.75) is 37.1 Å². The third kappa shape index (κ3) is 4.89. The molecule has 3 heterocycles. The van der Waals surface area contributed by atoms with Gasteiger partial charge in [-0.05, 0) is 49.6 Å². The Bertz CT molecular complexity index is 1610. The first kappa shape index (κ1) is 24.8. The number of hydrogen-bond donors (Lipinski definition) is 1. The summed E-state index contributed by atoms with van der Waals surface area (Å²) in [6, 6.07) is 13.6. The number of ether oxygens (including phenoxy) is 1. The van der Waals surface area contributed by atoms with Gasteiger partial charge in [0, 0.05) is 19.0 Å². The number of nitrogens with zero attached hydrogens (tertiary/aromatic N) is 5. The number of fused-ring (bicyclic) bond motifs is 1. The lowest BCUT2D eigenvalue weighted by atomic mass is 9.99. The van der Waals surface area contributed by atoms with Gasteiger partial charge in [-0.3, -0.25) is 4.79 Å². The second kappa shape index (κ2) is 9.87. The molecule has 0 radical (unpaired) electrons. The predicted octanol–water partition coefficient (Wildman–Crippen LogP) is 2.23. The van der Waals surface area contributed by atoms with E-state index in [2.05, 4.69) is 20.3 Å². The average molecular weight is 523 g/mol. The fourth-order valence-electron chi connectivity index (χ4n) is 4.46. The Morgan fingerprint density at radius 2 is 1.86 bits per heavy atom. The molecule has 12 heteroatoms. The van der Waals surface area contributed by atoms with Gasteiger partial charge in [0.2, 0.25) is 10.0 Å². The SMILES string of the molecule is COC(=O)c1ccc(Cn2nnc3c(=O)[nH]c([C@@H]4CCCN(S(=O)(=O)c5ccc(C)cc5)C4)nc32)cc1. The van der Waals surface area contributed by atoms with Crippen LogP contribution in [0.1, 0.15) is 46.1 Å². The van der Waals surface area contributed by atoms with Crippen molar-refractivity contribution >= 4 is 27.2 Å². The van der Waals surface area contributed by atoms with Gasteiger partial charge in [0.25, 0.3) is 5.56 Å². The summed E-state index contributed by atoms with van der Waals surface area (Å²) in [4.78, 5) is 32.2. The zero-order chi connectivity index (χ0) is 26.2. The van der Waals surface area contributed by atoms with Crippen molar-refractivity contribution in [3.63, 3.8) is 0 Å². The lowest BCUT2D eigenvalue weighted by Gasteiger charge is -2.31. The molecule has 0 aliphatic carbocycles. The predicted molar refractivity (Wildman–Crippen MR) is 135 cm³/mol. The zero-order valence-corrected chi connectivity index (χ0v) is 21.2. The highest BCUT2D eigenvalue weighted by Gasteiger charge is 2.32. The summed E-state index contributed by atoms with van der Waals surface area (Å²) in [5, 5.41) is 8.09. The molecule has 1 fully saturated rings. The number of sulfonamides is 1. The maximum absolute atomic E-state index is 13.2. The van der Waals surface area contributed by atoms with Gasteiger partial charge >= 0.3 is 5.97 Å². The minimum absolute atomic E-state index is 0.106. The molecule has 37 heavy (non-hydrogen) atoms. The number of aromatic amines is 1. The fourth-order valence-corrected chi connectivity index (χ4v) is 5.99. The zero-order valence-electron chi connectivity index (χ0n) is 20.4. The van der Waals surface area contributed by atoms with Gasteiger partial charge in [-0.1, -0.05) is 35.0 Å². The highest BCUT2D eigenvalue weighted by Crippen LogP contribution is 2.29. The molecule has 0 amide bonds. The number of nitrogens with one attached hydrogen (secondary N) is 1. The molecule has 4 aromatic rings. The normalized spacial score (nSPS) is 16.6. The van der Waals surface area contributed by atoms with E-state index < -0.39 is 21.6 Å². The van der Waals surface area contributed by atoms with E-state index in [0.29, 0.717) is 36.4 Å². The summed E-state index contributed by atoms with van der Waals surface area (Å²) in [5.74, 6) is -0.304. The third-order valence-electron chi connectivity index (χ3n) is 6.53. The van der Waals surface area contributed by atoms with Crippen LogP contribution >= 0.6 is 0 Å². The number of carbonyl (C=O) groups is 1. The smallest absolute Gasteiger partial charge is 0.337 e. The maximum Gasteiger partial charge on any atom is 0.337 e. The van der Waals surface area contributed by atoms with Crippen molar-refractivity contribution in [1.82, 2.24) is 29.3 Å². The van der Waals surface area contributed by atoms with Crippen molar-refractivity contribution in [2.24, 2.45) is 0 Å². The van der Waals surface area contributed by atoms with Crippen LogP contribution in [-0.4, -0.2) is 63.9 Å². The molecule has 0 unspecified atom stereocenters. The molecule has 0 bridgehead atoms. The van der Waals surface area contributed by atoms with Crippen molar-refractivity contribution in [3.05, 3.63) is 81.4 Å². The summed E-state index contributed by atoms with van der Waals surface area (Å²) in [7, 11) is -2.35. The number of H-pyrrole nitrogens is 1. The lowest BCUT2D eigenvalue weighted by Crippen LogP contribution is -2.39. The van der Waals surface area contributed by atoms with Crippen LogP contribution < -0.4 is 5.56 Å². The van der Waals surface area contributed by atoms with Crippen LogP contribution in [0.2, 0.25) is 0 Å². The first-order chi connectivity index (χ1) is 17.8. The van der Waals surface area contributed by atoms with E-state index >= 15 is 0 Å². The van der Waals surface area contributed by atoms with Crippen molar-refractivity contribution in [3.8, 4) is 0 Å². The quantitative estimate of drug-likeness (QED) is 0.380. The molecule has 1 aliphatic rings. The molecule has 1 atom stereocenters. The van der Waals surface area contributed by atoms with E-state index in [1.807, 2.05) is 6.92 Å². The van der Waals surface area contributed by atoms with Gasteiger partial charge in [0.1, 0.15) is 5.82 Å². The van der Waals surface area contributed by atoms with Gasteiger partial charge < -0.3 is 9.72 Å². The van der Waals surface area contributed by atoms with Crippen molar-refractivity contribution < 1.29 is 17.9 Å². The summed E-state index contributed by atoms with van der Waals surface area (Å²) in [6.07, 6.45) is 1.33.